The first-order chi connectivity index (χ1) is 20.3. The van der Waals surface area contributed by atoms with Crippen LogP contribution in [0.3, 0.4) is 0 Å². The maximum absolute atomic E-state index is 14.1. The van der Waals surface area contributed by atoms with Crippen LogP contribution in [0.25, 0.3) is 28.2 Å². The molecule has 1 aliphatic heterocycles. The predicted octanol–water partition coefficient (Wildman–Crippen LogP) is 6.53. The molecule has 2 aromatic heterocycles. The van der Waals surface area contributed by atoms with Crippen LogP contribution in [0.15, 0.2) is 92.2 Å². The number of hydrogen-bond donors (Lipinski definition) is 0. The van der Waals surface area contributed by atoms with Gasteiger partial charge in [-0.05, 0) is 61.0 Å². The number of rotatable bonds is 6. The van der Waals surface area contributed by atoms with E-state index in [2.05, 4.69) is 4.99 Å². The van der Waals surface area contributed by atoms with Gasteiger partial charge in [-0.2, -0.15) is 0 Å². The molecule has 7 nitrogen and oxygen atoms in total. The highest BCUT2D eigenvalue weighted by atomic mass is 35.5. The van der Waals surface area contributed by atoms with Crippen molar-refractivity contribution in [1.82, 2.24) is 4.57 Å². The van der Waals surface area contributed by atoms with Gasteiger partial charge < -0.3 is 13.9 Å². The number of furan rings is 1. The zero-order valence-corrected chi connectivity index (χ0v) is 25.1. The standard InChI is InChI=1S/C32H24Cl2N2O5S/c1-4-40-31(38)27-17(2)35-32-36(29(27)28-21-8-6-5-7-18(21)9-13-25(28)39-3)30(37)26(42-32)16-20-11-14-24(41-20)22-15-19(33)10-12-23(22)34/h5-16,29H,4H2,1-3H3/b26-16-. The zero-order valence-electron chi connectivity index (χ0n) is 22.8. The number of esters is 1. The molecule has 0 saturated heterocycles. The number of halogens is 2. The molecule has 0 aliphatic carbocycles. The molecule has 0 bridgehead atoms. The summed E-state index contributed by atoms with van der Waals surface area (Å²) in [6.07, 6.45) is 1.66. The minimum Gasteiger partial charge on any atom is -0.496 e. The molecule has 10 heteroatoms. The maximum atomic E-state index is 14.1. The van der Waals surface area contributed by atoms with E-state index in [0.29, 0.717) is 53.5 Å². The second-order valence-electron chi connectivity index (χ2n) is 9.53. The monoisotopic (exact) mass is 618 g/mol. The highest BCUT2D eigenvalue weighted by Gasteiger charge is 2.36. The minimum atomic E-state index is -0.832. The number of fused-ring (bicyclic) bond motifs is 2. The van der Waals surface area contributed by atoms with E-state index in [4.69, 9.17) is 37.1 Å². The first-order valence-corrected chi connectivity index (χ1v) is 14.7. The molecule has 6 rings (SSSR count). The van der Waals surface area contributed by atoms with E-state index in [1.807, 2.05) is 36.4 Å². The summed E-state index contributed by atoms with van der Waals surface area (Å²) in [6, 6.07) is 19.4. The number of carbonyl (C=O) groups excluding carboxylic acids is 1. The average molecular weight is 620 g/mol. The van der Waals surface area contributed by atoms with E-state index in [1.165, 1.54) is 15.9 Å². The number of nitrogens with zero attached hydrogens (tertiary/aromatic N) is 2. The van der Waals surface area contributed by atoms with Crippen LogP contribution in [0.1, 0.15) is 31.2 Å². The normalized spacial score (nSPS) is 15.1. The predicted molar refractivity (Wildman–Crippen MR) is 165 cm³/mol. The Kier molecular flexibility index (Phi) is 7.53. The quantitative estimate of drug-likeness (QED) is 0.202. The number of hydrogen-bond acceptors (Lipinski definition) is 7. The van der Waals surface area contributed by atoms with Gasteiger partial charge in [0.2, 0.25) is 0 Å². The lowest BCUT2D eigenvalue weighted by molar-refractivity contribution is -0.139. The maximum Gasteiger partial charge on any atom is 0.338 e. The van der Waals surface area contributed by atoms with Crippen molar-refractivity contribution in [3.8, 4) is 17.1 Å². The molecule has 1 aliphatic rings. The lowest BCUT2D eigenvalue weighted by Crippen LogP contribution is -2.40. The second-order valence-corrected chi connectivity index (χ2v) is 11.4. The molecule has 212 valence electrons. The van der Waals surface area contributed by atoms with E-state index in [0.717, 1.165) is 10.8 Å². The Bertz CT molecular complexity index is 2090. The smallest absolute Gasteiger partial charge is 0.338 e. The van der Waals surface area contributed by atoms with Gasteiger partial charge >= 0.3 is 5.97 Å². The summed E-state index contributed by atoms with van der Waals surface area (Å²) in [4.78, 5) is 32.7. The highest BCUT2D eigenvalue weighted by molar-refractivity contribution is 7.07. The third kappa shape index (κ3) is 4.85. The number of benzene rings is 3. The second kappa shape index (κ2) is 11.3. The molecule has 0 saturated carbocycles. The average Bonchev–Trinajstić information content (AvgIpc) is 3.57. The number of aromatic nitrogens is 1. The zero-order chi connectivity index (χ0) is 29.5. The lowest BCUT2D eigenvalue weighted by atomic mass is 9.90. The van der Waals surface area contributed by atoms with E-state index in [1.54, 1.807) is 57.4 Å². The molecule has 42 heavy (non-hydrogen) atoms. The van der Waals surface area contributed by atoms with E-state index < -0.39 is 12.0 Å². The minimum absolute atomic E-state index is 0.177. The number of methoxy groups -OCH3 is 1. The summed E-state index contributed by atoms with van der Waals surface area (Å²) in [7, 11) is 1.57. The van der Waals surface area contributed by atoms with Crippen molar-refractivity contribution in [1.29, 1.82) is 0 Å². The molecule has 0 radical (unpaired) electrons. The van der Waals surface area contributed by atoms with Crippen LogP contribution in [0, 0.1) is 0 Å². The van der Waals surface area contributed by atoms with Gasteiger partial charge in [-0.3, -0.25) is 9.36 Å². The van der Waals surface area contributed by atoms with Crippen molar-refractivity contribution in [3.63, 3.8) is 0 Å². The molecule has 0 amide bonds. The summed E-state index contributed by atoms with van der Waals surface area (Å²) in [5.74, 6) is 0.966. The number of thiazole rings is 1. The van der Waals surface area contributed by atoms with Gasteiger partial charge in [0.05, 0.1) is 34.5 Å². The number of carbonyl (C=O) groups is 1. The van der Waals surface area contributed by atoms with Crippen LogP contribution >= 0.6 is 34.5 Å². The van der Waals surface area contributed by atoms with Crippen LogP contribution in [0.2, 0.25) is 10.0 Å². The molecular weight excluding hydrogens is 595 g/mol. The van der Waals surface area contributed by atoms with Gasteiger partial charge in [0.15, 0.2) is 4.80 Å². The Morgan fingerprint density at radius 2 is 1.93 bits per heavy atom. The fraction of sp³-hybridized carbons (Fsp3) is 0.156. The summed E-state index contributed by atoms with van der Waals surface area (Å²) >= 11 is 13.7. The molecule has 3 aromatic carbocycles. The molecule has 0 fully saturated rings. The van der Waals surface area contributed by atoms with Crippen LogP contribution in [0.4, 0.5) is 0 Å². The van der Waals surface area contributed by atoms with Crippen LogP contribution in [-0.2, 0) is 9.53 Å². The van der Waals surface area contributed by atoms with Gasteiger partial charge in [-0.25, -0.2) is 9.79 Å². The first kappa shape index (κ1) is 28.0. The number of allylic oxidation sites excluding steroid dienone is 1. The van der Waals surface area contributed by atoms with Crippen LogP contribution < -0.4 is 19.6 Å². The summed E-state index contributed by atoms with van der Waals surface area (Å²) < 4.78 is 19.2. The van der Waals surface area contributed by atoms with Crippen molar-refractivity contribution in [2.24, 2.45) is 4.99 Å². The summed E-state index contributed by atoms with van der Waals surface area (Å²) in [5.41, 5.74) is 1.74. The van der Waals surface area contributed by atoms with Crippen molar-refractivity contribution in [2.45, 2.75) is 19.9 Å². The summed E-state index contributed by atoms with van der Waals surface area (Å²) in [6.45, 7) is 3.67. The Morgan fingerprint density at radius 3 is 2.71 bits per heavy atom. The third-order valence-electron chi connectivity index (χ3n) is 7.04. The molecule has 3 heterocycles. The van der Waals surface area contributed by atoms with Crippen LogP contribution in [-0.4, -0.2) is 24.3 Å². The van der Waals surface area contributed by atoms with E-state index in [9.17, 15) is 9.59 Å². The molecule has 5 aromatic rings. The van der Waals surface area contributed by atoms with E-state index >= 15 is 0 Å². The fourth-order valence-corrected chi connectivity index (χ4v) is 6.60. The molecule has 0 spiro atoms. The van der Waals surface area contributed by atoms with Crippen molar-refractivity contribution in [3.05, 3.63) is 119 Å². The van der Waals surface area contributed by atoms with Gasteiger partial charge in [0, 0.05) is 22.2 Å². The van der Waals surface area contributed by atoms with Gasteiger partial charge in [0.25, 0.3) is 5.56 Å². The third-order valence-corrected chi connectivity index (χ3v) is 8.58. The molecular formula is C32H24Cl2N2O5S. The summed E-state index contributed by atoms with van der Waals surface area (Å²) in [5, 5.41) is 2.81. The Balaban J connectivity index is 1.57. The van der Waals surface area contributed by atoms with Crippen LogP contribution in [0.5, 0.6) is 5.75 Å². The fourth-order valence-electron chi connectivity index (χ4n) is 5.19. The van der Waals surface area contributed by atoms with E-state index in [-0.39, 0.29) is 17.7 Å². The van der Waals surface area contributed by atoms with Crippen molar-refractivity contribution in [2.75, 3.05) is 13.7 Å². The lowest BCUT2D eigenvalue weighted by Gasteiger charge is -2.27. The Morgan fingerprint density at radius 1 is 1.12 bits per heavy atom. The Hall–Kier alpha value is -4.11. The SMILES string of the molecule is CCOC(=O)C1=C(C)N=c2s/c(=C\c3ccc(-c4cc(Cl)ccc4Cl)o3)c(=O)n2C1c1c(OC)ccc2ccccc12. The largest absolute Gasteiger partial charge is 0.496 e. The topological polar surface area (TPSA) is 83.0 Å². The van der Waals surface area contributed by atoms with Gasteiger partial charge in [-0.1, -0.05) is 64.9 Å². The molecule has 0 N–H and O–H groups in total. The first-order valence-electron chi connectivity index (χ1n) is 13.1. The van der Waals surface area contributed by atoms with Crippen molar-refractivity contribution >= 4 is 57.4 Å². The van der Waals surface area contributed by atoms with Gasteiger partial charge in [-0.15, -0.1) is 0 Å². The molecule has 1 unspecified atom stereocenters. The van der Waals surface area contributed by atoms with Crippen molar-refractivity contribution < 1.29 is 18.7 Å². The Labute approximate surface area is 254 Å². The molecule has 1 atom stereocenters. The number of ether oxygens (including phenoxy) is 2. The highest BCUT2D eigenvalue weighted by Crippen LogP contribution is 2.40. The van der Waals surface area contributed by atoms with Gasteiger partial charge in [0.1, 0.15) is 23.3 Å².